The van der Waals surface area contributed by atoms with Gasteiger partial charge in [-0.05, 0) is 35.4 Å². The predicted molar refractivity (Wildman–Crippen MR) is 100 cm³/mol. The fourth-order valence-electron chi connectivity index (χ4n) is 3.83. The molecule has 4 aromatic rings. The molecule has 1 heteroatoms. The van der Waals surface area contributed by atoms with Crippen LogP contribution < -0.4 is 4.57 Å². The first-order chi connectivity index (χ1) is 11.8. The van der Waals surface area contributed by atoms with Crippen molar-refractivity contribution in [2.75, 3.05) is 0 Å². The van der Waals surface area contributed by atoms with Crippen LogP contribution in [0.25, 0.3) is 32.8 Å². The number of fused-ring (bicyclic) bond motifs is 3. The molecule has 3 aromatic carbocycles. The first-order valence-electron chi connectivity index (χ1n) is 8.74. The van der Waals surface area contributed by atoms with Crippen LogP contribution in [0.3, 0.4) is 0 Å². The summed E-state index contributed by atoms with van der Waals surface area (Å²) < 4.78 is 2.50. The summed E-state index contributed by atoms with van der Waals surface area (Å²) in [6.07, 6.45) is 4.89. The second-order valence-electron chi connectivity index (χ2n) is 6.87. The van der Waals surface area contributed by atoms with Gasteiger partial charge in [-0.1, -0.05) is 48.5 Å². The van der Waals surface area contributed by atoms with Gasteiger partial charge in [0.15, 0.2) is 12.2 Å². The Morgan fingerprint density at radius 1 is 0.750 bits per heavy atom. The average molecular weight is 310 g/mol. The van der Waals surface area contributed by atoms with Crippen LogP contribution in [0, 0.1) is 6.92 Å². The molecule has 1 saturated carbocycles. The standard InChI is InChI=1S/C23H20N/c1-16-6-2-4-8-19(16)23-22-13-10-17-7-3-5-9-20(17)21(22)14-15-24(23)18-11-12-18/h2-10,13-15,18H,11-12H2,1H3/q+1. The molecular formula is C23H20N+. The first kappa shape index (κ1) is 13.7. The van der Waals surface area contributed by atoms with Crippen LogP contribution in [0.15, 0.2) is 72.9 Å². The van der Waals surface area contributed by atoms with Crippen molar-refractivity contribution in [1.29, 1.82) is 0 Å². The molecule has 0 spiro atoms. The fourth-order valence-corrected chi connectivity index (χ4v) is 3.83. The largest absolute Gasteiger partial charge is 0.220 e. The molecule has 0 bridgehead atoms. The summed E-state index contributed by atoms with van der Waals surface area (Å²) in [5.41, 5.74) is 4.07. The van der Waals surface area contributed by atoms with E-state index in [0.29, 0.717) is 6.04 Å². The molecule has 0 radical (unpaired) electrons. The van der Waals surface area contributed by atoms with Gasteiger partial charge in [0.1, 0.15) is 0 Å². The summed E-state index contributed by atoms with van der Waals surface area (Å²) in [6.45, 7) is 2.21. The minimum Gasteiger partial charge on any atom is -0.195 e. The predicted octanol–water partition coefficient (Wildman–Crippen LogP) is 5.59. The highest BCUT2D eigenvalue weighted by atomic mass is 15.0. The number of hydrogen-bond donors (Lipinski definition) is 0. The molecule has 1 aromatic heterocycles. The van der Waals surface area contributed by atoms with E-state index in [2.05, 4.69) is 84.4 Å². The van der Waals surface area contributed by atoms with Crippen LogP contribution in [0.2, 0.25) is 0 Å². The lowest BCUT2D eigenvalue weighted by Gasteiger charge is -2.11. The van der Waals surface area contributed by atoms with Crippen molar-refractivity contribution in [2.45, 2.75) is 25.8 Å². The Balaban J connectivity index is 1.93. The van der Waals surface area contributed by atoms with Crippen molar-refractivity contribution in [3.8, 4) is 11.3 Å². The number of pyridine rings is 1. The molecule has 0 amide bonds. The second-order valence-corrected chi connectivity index (χ2v) is 6.87. The highest BCUT2D eigenvalue weighted by Crippen LogP contribution is 2.37. The molecule has 0 unspecified atom stereocenters. The summed E-state index contributed by atoms with van der Waals surface area (Å²) in [5, 5.41) is 5.36. The quantitative estimate of drug-likeness (QED) is 0.335. The van der Waals surface area contributed by atoms with E-state index in [0.717, 1.165) is 0 Å². The Labute approximate surface area is 142 Å². The Morgan fingerprint density at radius 3 is 2.38 bits per heavy atom. The molecule has 1 aliphatic rings. The molecule has 0 saturated heterocycles. The van der Waals surface area contributed by atoms with Crippen LogP contribution in [-0.2, 0) is 0 Å². The van der Waals surface area contributed by atoms with Gasteiger partial charge in [-0.25, -0.2) is 0 Å². The summed E-state index contributed by atoms with van der Waals surface area (Å²) in [7, 11) is 0. The number of nitrogens with zero attached hydrogens (tertiary/aromatic N) is 1. The van der Waals surface area contributed by atoms with Crippen LogP contribution in [0.1, 0.15) is 24.4 Å². The Bertz CT molecular complexity index is 1070. The SMILES string of the molecule is Cc1ccccc1-c1c2ccc3ccccc3c2cc[n+]1C1CC1. The van der Waals surface area contributed by atoms with E-state index in [1.807, 2.05) is 0 Å². The molecule has 1 aliphatic carbocycles. The molecule has 116 valence electrons. The molecule has 0 aliphatic heterocycles. The third-order valence-electron chi connectivity index (χ3n) is 5.23. The number of rotatable bonds is 2. The first-order valence-corrected chi connectivity index (χ1v) is 8.74. The summed E-state index contributed by atoms with van der Waals surface area (Å²) in [6, 6.07) is 25.0. The lowest BCUT2D eigenvalue weighted by Crippen LogP contribution is -2.34. The molecular weight excluding hydrogens is 290 g/mol. The van der Waals surface area contributed by atoms with E-state index < -0.39 is 0 Å². The molecule has 1 nitrogen and oxygen atoms in total. The molecule has 1 heterocycles. The van der Waals surface area contributed by atoms with Crippen molar-refractivity contribution < 1.29 is 4.57 Å². The minimum atomic E-state index is 0.662. The lowest BCUT2D eigenvalue weighted by molar-refractivity contribution is -0.688. The van der Waals surface area contributed by atoms with E-state index >= 15 is 0 Å². The van der Waals surface area contributed by atoms with Gasteiger partial charge in [0.25, 0.3) is 0 Å². The van der Waals surface area contributed by atoms with Gasteiger partial charge in [-0.3, -0.25) is 0 Å². The average Bonchev–Trinajstić information content (AvgIpc) is 3.46. The Hall–Kier alpha value is -2.67. The second kappa shape index (κ2) is 5.17. The van der Waals surface area contributed by atoms with Crippen LogP contribution in [0.4, 0.5) is 0 Å². The fraction of sp³-hybridized carbons (Fsp3) is 0.174. The van der Waals surface area contributed by atoms with E-state index in [4.69, 9.17) is 0 Å². The topological polar surface area (TPSA) is 3.88 Å². The Morgan fingerprint density at radius 2 is 1.54 bits per heavy atom. The maximum absolute atomic E-state index is 2.50. The van der Waals surface area contributed by atoms with Crippen molar-refractivity contribution in [3.63, 3.8) is 0 Å². The number of aromatic nitrogens is 1. The number of aryl methyl sites for hydroxylation is 1. The van der Waals surface area contributed by atoms with E-state index in [9.17, 15) is 0 Å². The van der Waals surface area contributed by atoms with Gasteiger partial charge < -0.3 is 0 Å². The smallest absolute Gasteiger partial charge is 0.195 e. The van der Waals surface area contributed by atoms with E-state index in [1.165, 1.54) is 51.2 Å². The van der Waals surface area contributed by atoms with Crippen molar-refractivity contribution >= 4 is 21.5 Å². The summed E-state index contributed by atoms with van der Waals surface area (Å²) >= 11 is 0. The minimum absolute atomic E-state index is 0.662. The third-order valence-corrected chi connectivity index (χ3v) is 5.23. The van der Waals surface area contributed by atoms with Gasteiger partial charge in [-0.15, -0.1) is 0 Å². The zero-order valence-corrected chi connectivity index (χ0v) is 13.9. The monoisotopic (exact) mass is 310 g/mol. The summed E-state index contributed by atoms with van der Waals surface area (Å²) in [5.74, 6) is 0. The van der Waals surface area contributed by atoms with Gasteiger partial charge >= 0.3 is 0 Å². The van der Waals surface area contributed by atoms with Gasteiger partial charge in [0.05, 0.1) is 5.39 Å². The van der Waals surface area contributed by atoms with E-state index in [-0.39, 0.29) is 0 Å². The number of hydrogen-bond acceptors (Lipinski definition) is 0. The molecule has 24 heavy (non-hydrogen) atoms. The molecule has 5 rings (SSSR count). The zero-order valence-electron chi connectivity index (χ0n) is 13.9. The van der Waals surface area contributed by atoms with Gasteiger partial charge in [-0.2, -0.15) is 4.57 Å². The van der Waals surface area contributed by atoms with Crippen molar-refractivity contribution in [2.24, 2.45) is 0 Å². The van der Waals surface area contributed by atoms with Crippen LogP contribution in [-0.4, -0.2) is 0 Å². The highest BCUT2D eigenvalue weighted by molar-refractivity contribution is 6.10. The zero-order chi connectivity index (χ0) is 16.1. The van der Waals surface area contributed by atoms with Crippen molar-refractivity contribution in [1.82, 2.24) is 0 Å². The highest BCUT2D eigenvalue weighted by Gasteiger charge is 2.35. The van der Waals surface area contributed by atoms with Crippen molar-refractivity contribution in [3.05, 3.63) is 78.5 Å². The maximum atomic E-state index is 2.50. The summed E-state index contributed by atoms with van der Waals surface area (Å²) in [4.78, 5) is 0. The Kier molecular flexibility index (Phi) is 2.96. The third kappa shape index (κ3) is 2.05. The van der Waals surface area contributed by atoms with Crippen LogP contribution in [0.5, 0.6) is 0 Å². The normalized spacial score (nSPS) is 14.4. The van der Waals surface area contributed by atoms with Gasteiger partial charge in [0.2, 0.25) is 5.69 Å². The van der Waals surface area contributed by atoms with E-state index in [1.54, 1.807) is 0 Å². The number of benzene rings is 3. The van der Waals surface area contributed by atoms with Gasteiger partial charge in [0, 0.05) is 29.9 Å². The maximum Gasteiger partial charge on any atom is 0.220 e. The molecule has 1 fully saturated rings. The lowest BCUT2D eigenvalue weighted by atomic mass is 9.96. The molecule has 0 N–H and O–H groups in total. The van der Waals surface area contributed by atoms with Crippen LogP contribution >= 0.6 is 0 Å². The molecule has 0 atom stereocenters.